The number of rotatable bonds is 14. The predicted molar refractivity (Wildman–Crippen MR) is 116 cm³/mol. The van der Waals surface area contributed by atoms with Crippen molar-refractivity contribution >= 4 is 34.0 Å². The zero-order valence-electron chi connectivity index (χ0n) is 17.3. The lowest BCUT2D eigenvalue weighted by atomic mass is 10.5. The van der Waals surface area contributed by atoms with Crippen LogP contribution < -0.4 is 11.1 Å². The molecule has 0 fully saturated rings. The minimum absolute atomic E-state index is 0.676. The van der Waals surface area contributed by atoms with Crippen LogP contribution in [0.1, 0.15) is 6.42 Å². The molecule has 0 aromatic rings. The highest BCUT2D eigenvalue weighted by molar-refractivity contribution is 6.82. The molecule has 3 N–H and O–H groups in total. The molecule has 5 nitrogen and oxygen atoms in total. The lowest BCUT2D eigenvalue weighted by Crippen LogP contribution is -2.51. The van der Waals surface area contributed by atoms with Crippen LogP contribution in [0, 0.1) is 0 Å². The van der Waals surface area contributed by atoms with Gasteiger partial charge in [0, 0.05) is 19.3 Å². The Morgan fingerprint density at radius 3 is 2.08 bits per heavy atom. The van der Waals surface area contributed by atoms with Gasteiger partial charge in [0.1, 0.15) is 0 Å². The van der Waals surface area contributed by atoms with Gasteiger partial charge in [-0.25, -0.2) is 0 Å². The molecule has 0 saturated heterocycles. The highest BCUT2D eigenvalue weighted by Crippen LogP contribution is 2.23. The van der Waals surface area contributed by atoms with E-state index in [4.69, 9.17) is 18.7 Å². The first-order valence-electron chi connectivity index (χ1n) is 9.28. The van der Waals surface area contributed by atoms with Gasteiger partial charge in [-0.15, -0.1) is 0 Å². The van der Waals surface area contributed by atoms with E-state index in [-0.39, 0.29) is 0 Å². The Labute approximate surface area is 155 Å². The van der Waals surface area contributed by atoms with Crippen LogP contribution in [0.3, 0.4) is 0 Å². The molecule has 1 unspecified atom stereocenters. The summed E-state index contributed by atoms with van der Waals surface area (Å²) in [5.74, 6) is 0. The average molecular weight is 411 g/mol. The number of nitrogens with two attached hydrogens (primary N) is 1. The minimum atomic E-state index is -2.15. The maximum Gasteiger partial charge on any atom is 0.324 e. The van der Waals surface area contributed by atoms with E-state index in [2.05, 4.69) is 57.7 Å². The molecule has 146 valence electrons. The number of hydrogen-bond donors (Lipinski definition) is 2. The van der Waals surface area contributed by atoms with E-state index in [0.717, 1.165) is 38.0 Å². The predicted octanol–water partition coefficient (Wildman–Crippen LogP) is 2.65. The third-order valence-electron chi connectivity index (χ3n) is 3.36. The summed E-state index contributed by atoms with van der Waals surface area (Å²) in [6, 6.07) is 1.03. The van der Waals surface area contributed by atoms with Crippen molar-refractivity contribution in [2.75, 3.05) is 32.1 Å². The van der Waals surface area contributed by atoms with Gasteiger partial charge < -0.3 is 24.0 Å². The molecule has 0 aliphatic carbocycles. The van der Waals surface area contributed by atoms with Crippen molar-refractivity contribution in [2.24, 2.45) is 5.73 Å². The zero-order valence-corrected chi connectivity index (χ0v) is 21.5. The van der Waals surface area contributed by atoms with Crippen molar-refractivity contribution in [3.63, 3.8) is 0 Å². The summed E-state index contributed by atoms with van der Waals surface area (Å²) < 4.78 is 19.2. The Balaban J connectivity index is 4.58. The van der Waals surface area contributed by atoms with Crippen molar-refractivity contribution in [1.82, 2.24) is 5.32 Å². The molecule has 0 rings (SSSR count). The summed E-state index contributed by atoms with van der Waals surface area (Å²) in [6.45, 7) is 20.7. The largest absolute Gasteiger partial charge is 0.436 e. The van der Waals surface area contributed by atoms with Gasteiger partial charge in [0.15, 0.2) is 8.32 Å². The van der Waals surface area contributed by atoms with Crippen molar-refractivity contribution in [3.05, 3.63) is 0 Å². The summed E-state index contributed by atoms with van der Waals surface area (Å²) in [5, 5.41) is 3.36. The van der Waals surface area contributed by atoms with Crippen LogP contribution in [0.15, 0.2) is 0 Å². The molecule has 24 heavy (non-hydrogen) atoms. The summed E-state index contributed by atoms with van der Waals surface area (Å²) in [5.41, 5.74) is 5.52. The van der Waals surface area contributed by atoms with Crippen molar-refractivity contribution in [1.29, 1.82) is 0 Å². The maximum atomic E-state index is 6.53. The van der Waals surface area contributed by atoms with Gasteiger partial charge >= 0.3 is 8.56 Å². The first kappa shape index (κ1) is 24.7. The molecule has 1 atom stereocenters. The fraction of sp³-hybridized carbons (Fsp3) is 1.00. The fourth-order valence-electron chi connectivity index (χ4n) is 2.32. The van der Waals surface area contributed by atoms with Gasteiger partial charge in [-0.3, -0.25) is 0 Å². The second kappa shape index (κ2) is 11.4. The maximum absolute atomic E-state index is 6.53. The van der Waals surface area contributed by atoms with Crippen LogP contribution in [0.2, 0.25) is 58.4 Å². The van der Waals surface area contributed by atoms with Gasteiger partial charge in [-0.05, 0) is 58.3 Å². The van der Waals surface area contributed by atoms with E-state index in [9.17, 15) is 0 Å². The molecule has 0 heterocycles. The van der Waals surface area contributed by atoms with Crippen LogP contribution in [0.25, 0.3) is 0 Å². The SMILES string of the molecule is C[SiH](C)CO[Si](C)(C)CO[Si](C)(CCCNCCN)O[Si](C)(C)C. The van der Waals surface area contributed by atoms with E-state index in [1.165, 1.54) is 0 Å². The Morgan fingerprint density at radius 2 is 1.58 bits per heavy atom. The molecular weight excluding hydrogens is 369 g/mol. The Hall–Kier alpha value is 0.668. The van der Waals surface area contributed by atoms with Gasteiger partial charge in [0.25, 0.3) is 0 Å². The van der Waals surface area contributed by atoms with E-state index in [0.29, 0.717) is 6.54 Å². The van der Waals surface area contributed by atoms with E-state index in [1.54, 1.807) is 0 Å². The molecule has 0 amide bonds. The van der Waals surface area contributed by atoms with E-state index >= 15 is 0 Å². The quantitative estimate of drug-likeness (QED) is 0.340. The van der Waals surface area contributed by atoms with Crippen LogP contribution >= 0.6 is 0 Å². The average Bonchev–Trinajstić information content (AvgIpc) is 2.42. The van der Waals surface area contributed by atoms with Crippen LogP contribution in [0.5, 0.6) is 0 Å². The molecule has 0 aliphatic rings. The third-order valence-corrected chi connectivity index (χ3v) is 12.8. The Morgan fingerprint density at radius 1 is 0.958 bits per heavy atom. The topological polar surface area (TPSA) is 65.7 Å². The van der Waals surface area contributed by atoms with Gasteiger partial charge in [0.2, 0.25) is 8.32 Å². The molecule has 0 saturated carbocycles. The summed E-state index contributed by atoms with van der Waals surface area (Å²) in [7, 11) is -6.21. The summed E-state index contributed by atoms with van der Waals surface area (Å²) in [4.78, 5) is 0. The van der Waals surface area contributed by atoms with Crippen LogP contribution in [-0.2, 0) is 13.0 Å². The van der Waals surface area contributed by atoms with Crippen molar-refractivity contribution in [2.45, 2.75) is 64.8 Å². The highest BCUT2D eigenvalue weighted by Gasteiger charge is 2.38. The molecule has 0 aliphatic heterocycles. The first-order chi connectivity index (χ1) is 10.9. The normalized spacial score (nSPS) is 15.8. The Kier molecular flexibility index (Phi) is 11.7. The summed E-state index contributed by atoms with van der Waals surface area (Å²) in [6.07, 6.45) is 2.78. The summed E-state index contributed by atoms with van der Waals surface area (Å²) >= 11 is 0. The molecule has 0 aromatic heterocycles. The zero-order chi connectivity index (χ0) is 18.9. The van der Waals surface area contributed by atoms with Gasteiger partial charge in [-0.2, -0.15) is 0 Å². The van der Waals surface area contributed by atoms with Crippen LogP contribution in [-0.4, -0.2) is 66.1 Å². The second-order valence-electron chi connectivity index (χ2n) is 8.74. The van der Waals surface area contributed by atoms with Gasteiger partial charge in [-0.1, -0.05) is 13.1 Å². The first-order valence-corrected chi connectivity index (χ1v) is 21.5. The molecule has 0 radical (unpaired) electrons. The molecule has 0 bridgehead atoms. The highest BCUT2D eigenvalue weighted by atomic mass is 28.4. The van der Waals surface area contributed by atoms with E-state index in [1.807, 2.05) is 0 Å². The smallest absolute Gasteiger partial charge is 0.324 e. The van der Waals surface area contributed by atoms with Crippen LogP contribution in [0.4, 0.5) is 0 Å². The lowest BCUT2D eigenvalue weighted by molar-refractivity contribution is 0.251. The van der Waals surface area contributed by atoms with E-state index < -0.39 is 34.0 Å². The molecule has 9 heteroatoms. The van der Waals surface area contributed by atoms with Crippen molar-refractivity contribution in [3.8, 4) is 0 Å². The second-order valence-corrected chi connectivity index (χ2v) is 24.1. The Bertz CT molecular complexity index is 341. The molecular formula is C15H42N2O3Si4. The number of nitrogens with one attached hydrogen (secondary N) is 1. The fourth-order valence-corrected chi connectivity index (χ4v) is 14.9. The third kappa shape index (κ3) is 13.9. The standard InChI is InChI=1S/C15H42N2O3Si4/c1-21(2)14-18-23(6,7)15-19-24(8,20-22(3,4)5)13-9-11-17-12-10-16/h17,21H,9-16H2,1-8H3. The molecule has 0 aromatic carbocycles. The minimum Gasteiger partial charge on any atom is -0.436 e. The lowest BCUT2D eigenvalue weighted by Gasteiger charge is -2.36. The molecule has 0 spiro atoms. The monoisotopic (exact) mass is 410 g/mol. The van der Waals surface area contributed by atoms with Gasteiger partial charge in [0.05, 0.1) is 15.0 Å². The number of hydrogen-bond acceptors (Lipinski definition) is 5. The van der Waals surface area contributed by atoms with Crippen molar-refractivity contribution < 1.29 is 13.0 Å².